The van der Waals surface area contributed by atoms with Crippen LogP contribution >= 0.6 is 31.9 Å². The Hall–Kier alpha value is 0.140. The number of benzene rings is 1. The van der Waals surface area contributed by atoms with Crippen molar-refractivity contribution in [3.05, 3.63) is 34.3 Å². The number of ether oxygens (including phenoxy) is 1. The SMILES string of the molecule is COCCCCC(CBr)Cc1ccccc1Br. The zero-order chi connectivity index (χ0) is 12.5. The second-order valence-electron chi connectivity index (χ2n) is 4.30. The van der Waals surface area contributed by atoms with Crippen molar-refractivity contribution in [3.8, 4) is 0 Å². The third kappa shape index (κ3) is 6.03. The van der Waals surface area contributed by atoms with Crippen LogP contribution in [0.25, 0.3) is 0 Å². The fraction of sp³-hybridized carbons (Fsp3) is 0.571. The van der Waals surface area contributed by atoms with Gasteiger partial charge in [-0.05, 0) is 36.8 Å². The highest BCUT2D eigenvalue weighted by molar-refractivity contribution is 9.10. The van der Waals surface area contributed by atoms with Gasteiger partial charge in [-0.15, -0.1) is 0 Å². The molecule has 0 amide bonds. The molecule has 3 heteroatoms. The van der Waals surface area contributed by atoms with E-state index in [2.05, 4.69) is 56.1 Å². The Labute approximate surface area is 121 Å². The molecule has 0 aromatic heterocycles. The first-order chi connectivity index (χ1) is 8.27. The first kappa shape index (κ1) is 15.2. The number of hydrogen-bond acceptors (Lipinski definition) is 1. The van der Waals surface area contributed by atoms with Gasteiger partial charge in [0.2, 0.25) is 0 Å². The lowest BCUT2D eigenvalue weighted by molar-refractivity contribution is 0.190. The number of methoxy groups -OCH3 is 1. The maximum Gasteiger partial charge on any atom is 0.0462 e. The van der Waals surface area contributed by atoms with Crippen molar-refractivity contribution in [2.75, 3.05) is 19.0 Å². The van der Waals surface area contributed by atoms with Crippen LogP contribution in [0.15, 0.2) is 28.7 Å². The van der Waals surface area contributed by atoms with Crippen LogP contribution in [0.5, 0.6) is 0 Å². The summed E-state index contributed by atoms with van der Waals surface area (Å²) in [4.78, 5) is 0. The van der Waals surface area contributed by atoms with E-state index in [1.54, 1.807) is 7.11 Å². The highest BCUT2D eigenvalue weighted by Gasteiger charge is 2.09. The summed E-state index contributed by atoms with van der Waals surface area (Å²) in [6.45, 7) is 0.879. The van der Waals surface area contributed by atoms with Crippen molar-refractivity contribution >= 4 is 31.9 Å². The summed E-state index contributed by atoms with van der Waals surface area (Å²) >= 11 is 7.23. The van der Waals surface area contributed by atoms with Gasteiger partial charge in [-0.1, -0.05) is 56.5 Å². The van der Waals surface area contributed by atoms with Gasteiger partial charge in [0.25, 0.3) is 0 Å². The average molecular weight is 364 g/mol. The van der Waals surface area contributed by atoms with Crippen LogP contribution in [0.1, 0.15) is 24.8 Å². The minimum atomic E-state index is 0.713. The topological polar surface area (TPSA) is 9.23 Å². The molecule has 17 heavy (non-hydrogen) atoms. The van der Waals surface area contributed by atoms with Crippen molar-refractivity contribution in [2.45, 2.75) is 25.7 Å². The molecule has 0 aliphatic heterocycles. The quantitative estimate of drug-likeness (QED) is 0.475. The predicted molar refractivity (Wildman–Crippen MR) is 80.9 cm³/mol. The monoisotopic (exact) mass is 362 g/mol. The van der Waals surface area contributed by atoms with Crippen LogP contribution in [0.2, 0.25) is 0 Å². The van der Waals surface area contributed by atoms with Crippen LogP contribution in [-0.4, -0.2) is 19.0 Å². The van der Waals surface area contributed by atoms with Crippen LogP contribution in [0.4, 0.5) is 0 Å². The molecule has 1 aromatic rings. The summed E-state index contributed by atoms with van der Waals surface area (Å²) < 4.78 is 6.30. The van der Waals surface area contributed by atoms with Crippen molar-refractivity contribution in [3.63, 3.8) is 0 Å². The Balaban J connectivity index is 2.38. The lowest BCUT2D eigenvalue weighted by Gasteiger charge is -2.14. The van der Waals surface area contributed by atoms with Gasteiger partial charge in [0.1, 0.15) is 0 Å². The van der Waals surface area contributed by atoms with Gasteiger partial charge in [0, 0.05) is 23.5 Å². The van der Waals surface area contributed by atoms with E-state index >= 15 is 0 Å². The second-order valence-corrected chi connectivity index (χ2v) is 5.81. The van der Waals surface area contributed by atoms with Gasteiger partial charge in [0.05, 0.1) is 0 Å². The maximum atomic E-state index is 5.08. The van der Waals surface area contributed by atoms with Gasteiger partial charge in [-0.2, -0.15) is 0 Å². The van der Waals surface area contributed by atoms with Crippen molar-refractivity contribution in [1.82, 2.24) is 0 Å². The number of halogens is 2. The van der Waals surface area contributed by atoms with Gasteiger partial charge in [-0.25, -0.2) is 0 Å². The first-order valence-corrected chi connectivity index (χ1v) is 7.97. The van der Waals surface area contributed by atoms with Crippen LogP contribution in [-0.2, 0) is 11.2 Å². The highest BCUT2D eigenvalue weighted by atomic mass is 79.9. The average Bonchev–Trinajstić information content (AvgIpc) is 2.35. The van der Waals surface area contributed by atoms with Crippen LogP contribution < -0.4 is 0 Å². The Kier molecular flexibility index (Phi) is 8.15. The molecule has 1 aromatic carbocycles. The van der Waals surface area contributed by atoms with Gasteiger partial charge < -0.3 is 4.74 Å². The molecule has 0 bridgehead atoms. The molecule has 1 atom stereocenters. The number of rotatable bonds is 8. The summed E-state index contributed by atoms with van der Waals surface area (Å²) in [5, 5.41) is 1.07. The molecule has 0 heterocycles. The Bertz CT molecular complexity index is 315. The van der Waals surface area contributed by atoms with E-state index in [0.717, 1.165) is 24.8 Å². The van der Waals surface area contributed by atoms with Crippen molar-refractivity contribution in [1.29, 1.82) is 0 Å². The summed E-state index contributed by atoms with van der Waals surface area (Å²) in [6.07, 6.45) is 4.81. The smallest absolute Gasteiger partial charge is 0.0462 e. The van der Waals surface area contributed by atoms with E-state index in [1.807, 2.05) is 0 Å². The molecular formula is C14H20Br2O. The minimum absolute atomic E-state index is 0.713. The molecular weight excluding hydrogens is 344 g/mol. The van der Waals surface area contributed by atoms with E-state index in [9.17, 15) is 0 Å². The maximum absolute atomic E-state index is 5.08. The third-order valence-corrected chi connectivity index (χ3v) is 4.58. The Morgan fingerprint density at radius 2 is 2.00 bits per heavy atom. The Morgan fingerprint density at radius 1 is 1.24 bits per heavy atom. The van der Waals surface area contributed by atoms with Crippen molar-refractivity contribution in [2.24, 2.45) is 5.92 Å². The van der Waals surface area contributed by atoms with E-state index in [4.69, 9.17) is 4.74 Å². The fourth-order valence-electron chi connectivity index (χ4n) is 1.89. The molecule has 0 aliphatic carbocycles. The van der Waals surface area contributed by atoms with Gasteiger partial charge >= 0.3 is 0 Å². The molecule has 0 fully saturated rings. The number of alkyl halides is 1. The van der Waals surface area contributed by atoms with Crippen LogP contribution in [0.3, 0.4) is 0 Å². The van der Waals surface area contributed by atoms with E-state index in [0.29, 0.717) is 5.92 Å². The minimum Gasteiger partial charge on any atom is -0.385 e. The lowest BCUT2D eigenvalue weighted by Crippen LogP contribution is -2.07. The van der Waals surface area contributed by atoms with Crippen LogP contribution in [0, 0.1) is 5.92 Å². The van der Waals surface area contributed by atoms with E-state index in [-0.39, 0.29) is 0 Å². The van der Waals surface area contributed by atoms with E-state index in [1.165, 1.54) is 22.9 Å². The second kappa shape index (κ2) is 9.12. The zero-order valence-corrected chi connectivity index (χ0v) is 13.5. The standard InChI is InChI=1S/C14H20Br2O/c1-17-9-5-4-6-12(11-15)10-13-7-2-3-8-14(13)16/h2-3,7-8,12H,4-6,9-11H2,1H3. The highest BCUT2D eigenvalue weighted by Crippen LogP contribution is 2.23. The largest absolute Gasteiger partial charge is 0.385 e. The van der Waals surface area contributed by atoms with Gasteiger partial charge in [-0.3, -0.25) is 0 Å². The molecule has 0 N–H and O–H groups in total. The fourth-order valence-corrected chi connectivity index (χ4v) is 2.89. The molecule has 0 aliphatic rings. The molecule has 96 valence electrons. The molecule has 0 saturated heterocycles. The predicted octanol–water partition coefficient (Wildman–Crippen LogP) is 4.82. The Morgan fingerprint density at radius 3 is 2.65 bits per heavy atom. The van der Waals surface area contributed by atoms with Crippen molar-refractivity contribution < 1.29 is 4.74 Å². The zero-order valence-electron chi connectivity index (χ0n) is 10.3. The third-order valence-electron chi connectivity index (χ3n) is 2.90. The molecule has 0 saturated carbocycles. The lowest BCUT2D eigenvalue weighted by atomic mass is 9.96. The summed E-state index contributed by atoms with van der Waals surface area (Å²) in [6, 6.07) is 8.49. The summed E-state index contributed by atoms with van der Waals surface area (Å²) in [5.41, 5.74) is 1.41. The summed E-state index contributed by atoms with van der Waals surface area (Å²) in [5.74, 6) is 0.713. The normalized spacial score (nSPS) is 12.6. The van der Waals surface area contributed by atoms with E-state index < -0.39 is 0 Å². The summed E-state index contributed by atoms with van der Waals surface area (Å²) in [7, 11) is 1.77. The van der Waals surface area contributed by atoms with Gasteiger partial charge in [0.15, 0.2) is 0 Å². The molecule has 0 spiro atoms. The molecule has 0 radical (unpaired) electrons. The number of hydrogen-bond donors (Lipinski definition) is 0. The molecule has 1 nitrogen and oxygen atoms in total. The first-order valence-electron chi connectivity index (χ1n) is 6.06. The molecule has 1 rings (SSSR count). The molecule has 1 unspecified atom stereocenters. The number of unbranched alkanes of at least 4 members (excludes halogenated alkanes) is 1.